The van der Waals surface area contributed by atoms with E-state index in [1.165, 1.54) is 11.1 Å². The molecule has 0 amide bonds. The van der Waals surface area contributed by atoms with E-state index in [0.29, 0.717) is 0 Å². The zero-order valence-electron chi connectivity index (χ0n) is 10.4. The third-order valence-corrected chi connectivity index (χ3v) is 3.30. The highest BCUT2D eigenvalue weighted by atomic mass is 79.9. The summed E-state index contributed by atoms with van der Waals surface area (Å²) < 4.78 is 1.11. The van der Waals surface area contributed by atoms with E-state index in [0.717, 1.165) is 16.7 Å². The molecule has 0 unspecified atom stereocenters. The number of hydrogen-bond acceptors (Lipinski definition) is 1. The predicted molar refractivity (Wildman–Crippen MR) is 82.8 cm³/mol. The largest absolute Gasteiger partial charge is 0.381 e. The second-order valence-corrected chi connectivity index (χ2v) is 5.03. The van der Waals surface area contributed by atoms with Gasteiger partial charge in [0.05, 0.1) is 0 Å². The molecule has 0 saturated carbocycles. The second kappa shape index (κ2) is 6.41. The summed E-state index contributed by atoms with van der Waals surface area (Å²) in [5.41, 5.74) is 3.60. The van der Waals surface area contributed by atoms with Crippen molar-refractivity contribution in [3.63, 3.8) is 0 Å². The fourth-order valence-electron chi connectivity index (χ4n) is 1.69. The maximum Gasteiger partial charge on any atom is 0.0487 e. The van der Waals surface area contributed by atoms with Crippen LogP contribution < -0.4 is 5.32 Å². The zero-order valence-corrected chi connectivity index (χ0v) is 11.9. The number of halogens is 1. The lowest BCUT2D eigenvalue weighted by Crippen LogP contribution is -1.98. The molecule has 2 rings (SSSR count). The van der Waals surface area contributed by atoms with Gasteiger partial charge in [0.15, 0.2) is 0 Å². The van der Waals surface area contributed by atoms with Gasteiger partial charge in [-0.25, -0.2) is 0 Å². The zero-order chi connectivity index (χ0) is 12.8. The van der Waals surface area contributed by atoms with Crippen molar-refractivity contribution >= 4 is 27.7 Å². The van der Waals surface area contributed by atoms with E-state index in [-0.39, 0.29) is 0 Å². The molecule has 0 aliphatic heterocycles. The highest BCUT2D eigenvalue weighted by Crippen LogP contribution is 2.23. The summed E-state index contributed by atoms with van der Waals surface area (Å²) in [4.78, 5) is 0. The summed E-state index contributed by atoms with van der Waals surface area (Å²) >= 11 is 3.56. The van der Waals surface area contributed by atoms with Crippen LogP contribution in [0.15, 0.2) is 59.1 Å². The van der Waals surface area contributed by atoms with Gasteiger partial charge in [-0.2, -0.15) is 0 Å². The molecule has 0 fully saturated rings. The molecule has 2 aromatic carbocycles. The van der Waals surface area contributed by atoms with Crippen molar-refractivity contribution in [2.45, 2.75) is 6.92 Å². The number of benzene rings is 2. The fraction of sp³-hybridized carbons (Fsp3) is 0.125. The molecule has 0 aliphatic carbocycles. The average molecular weight is 302 g/mol. The normalized spacial score (nSPS) is 10.8. The van der Waals surface area contributed by atoms with Crippen LogP contribution in [0.25, 0.3) is 6.08 Å². The molecule has 1 nitrogen and oxygen atoms in total. The summed E-state index contributed by atoms with van der Waals surface area (Å²) in [5, 5.41) is 3.38. The highest BCUT2D eigenvalue weighted by Gasteiger charge is 1.97. The monoisotopic (exact) mass is 301 g/mol. The average Bonchev–Trinajstić information content (AvgIpc) is 2.38. The first-order chi connectivity index (χ1) is 8.75. The summed E-state index contributed by atoms with van der Waals surface area (Å²) in [6.07, 6.45) is 4.25. The minimum Gasteiger partial charge on any atom is -0.381 e. The summed E-state index contributed by atoms with van der Waals surface area (Å²) in [5.74, 6) is 0. The van der Waals surface area contributed by atoms with Gasteiger partial charge >= 0.3 is 0 Å². The third-order valence-electron chi connectivity index (χ3n) is 2.64. The number of anilines is 1. The standard InChI is InChI=1S/C16H16BrN/c1-13-9-10-16(15(17)12-13)18-11-5-8-14-6-3-2-4-7-14/h2-10,12,18H,11H2,1H3/b8-5+. The van der Waals surface area contributed by atoms with Crippen molar-refractivity contribution in [3.8, 4) is 0 Å². The van der Waals surface area contributed by atoms with E-state index in [1.807, 2.05) is 18.2 Å². The summed E-state index contributed by atoms with van der Waals surface area (Å²) in [6.45, 7) is 2.90. The molecule has 1 N–H and O–H groups in total. The Kier molecular flexibility index (Phi) is 4.59. The van der Waals surface area contributed by atoms with Crippen molar-refractivity contribution in [2.75, 3.05) is 11.9 Å². The summed E-state index contributed by atoms with van der Waals surface area (Å²) in [7, 11) is 0. The Morgan fingerprint density at radius 3 is 2.61 bits per heavy atom. The summed E-state index contributed by atoms with van der Waals surface area (Å²) in [6, 6.07) is 16.6. The molecular weight excluding hydrogens is 286 g/mol. The molecule has 0 aliphatic rings. The Balaban J connectivity index is 1.91. The second-order valence-electron chi connectivity index (χ2n) is 4.18. The molecule has 92 valence electrons. The van der Waals surface area contributed by atoms with Gasteiger partial charge in [0.1, 0.15) is 0 Å². The van der Waals surface area contributed by atoms with Crippen LogP contribution in [0.3, 0.4) is 0 Å². The van der Waals surface area contributed by atoms with Crippen LogP contribution in [0, 0.1) is 6.92 Å². The van der Waals surface area contributed by atoms with Crippen molar-refractivity contribution in [2.24, 2.45) is 0 Å². The Morgan fingerprint density at radius 2 is 1.89 bits per heavy atom. The molecule has 0 spiro atoms. The van der Waals surface area contributed by atoms with Crippen LogP contribution in [-0.4, -0.2) is 6.54 Å². The number of hydrogen-bond donors (Lipinski definition) is 1. The lowest BCUT2D eigenvalue weighted by atomic mass is 10.2. The van der Waals surface area contributed by atoms with Crippen LogP contribution in [0.4, 0.5) is 5.69 Å². The molecule has 0 saturated heterocycles. The molecule has 2 heteroatoms. The maximum absolute atomic E-state index is 3.56. The topological polar surface area (TPSA) is 12.0 Å². The Hall–Kier alpha value is -1.54. The van der Waals surface area contributed by atoms with Crippen molar-refractivity contribution in [3.05, 3.63) is 70.2 Å². The first kappa shape index (κ1) is 12.9. The van der Waals surface area contributed by atoms with Gasteiger partial charge in [0, 0.05) is 16.7 Å². The third kappa shape index (κ3) is 3.74. The van der Waals surface area contributed by atoms with Gasteiger partial charge in [0.2, 0.25) is 0 Å². The van der Waals surface area contributed by atoms with E-state index in [1.54, 1.807) is 0 Å². The van der Waals surface area contributed by atoms with Gasteiger partial charge in [-0.05, 0) is 46.1 Å². The molecule has 0 atom stereocenters. The number of rotatable bonds is 4. The van der Waals surface area contributed by atoms with E-state index >= 15 is 0 Å². The van der Waals surface area contributed by atoms with Gasteiger partial charge in [-0.15, -0.1) is 0 Å². The Morgan fingerprint density at radius 1 is 1.11 bits per heavy atom. The van der Waals surface area contributed by atoms with Crippen LogP contribution in [0.2, 0.25) is 0 Å². The molecule has 0 heterocycles. The Bertz CT molecular complexity index is 532. The number of nitrogens with one attached hydrogen (secondary N) is 1. The first-order valence-corrected chi connectivity index (χ1v) is 6.76. The molecule has 18 heavy (non-hydrogen) atoms. The quantitative estimate of drug-likeness (QED) is 0.848. The van der Waals surface area contributed by atoms with Gasteiger partial charge in [-0.3, -0.25) is 0 Å². The van der Waals surface area contributed by atoms with Crippen LogP contribution in [0.5, 0.6) is 0 Å². The molecule has 2 aromatic rings. The predicted octanol–water partition coefficient (Wildman–Crippen LogP) is 4.88. The van der Waals surface area contributed by atoms with E-state index in [9.17, 15) is 0 Å². The minimum atomic E-state index is 0.816. The lowest BCUT2D eigenvalue weighted by molar-refractivity contribution is 1.32. The van der Waals surface area contributed by atoms with E-state index in [4.69, 9.17) is 0 Å². The van der Waals surface area contributed by atoms with Crippen LogP contribution >= 0.6 is 15.9 Å². The van der Waals surface area contributed by atoms with Gasteiger partial charge in [0.25, 0.3) is 0 Å². The Labute approximate surface area is 117 Å². The molecule has 0 radical (unpaired) electrons. The lowest BCUT2D eigenvalue weighted by Gasteiger charge is -2.06. The minimum absolute atomic E-state index is 0.816. The van der Waals surface area contributed by atoms with Crippen molar-refractivity contribution in [1.29, 1.82) is 0 Å². The first-order valence-electron chi connectivity index (χ1n) is 5.97. The molecule has 0 bridgehead atoms. The van der Waals surface area contributed by atoms with Crippen LogP contribution in [-0.2, 0) is 0 Å². The highest BCUT2D eigenvalue weighted by molar-refractivity contribution is 9.10. The molecular formula is C16H16BrN. The fourth-order valence-corrected chi connectivity index (χ4v) is 2.32. The number of aryl methyl sites for hydroxylation is 1. The van der Waals surface area contributed by atoms with E-state index < -0.39 is 0 Å². The van der Waals surface area contributed by atoms with E-state index in [2.05, 4.69) is 70.7 Å². The SMILES string of the molecule is Cc1ccc(NC/C=C/c2ccccc2)c(Br)c1. The maximum atomic E-state index is 3.56. The van der Waals surface area contributed by atoms with Crippen molar-refractivity contribution in [1.82, 2.24) is 0 Å². The van der Waals surface area contributed by atoms with Crippen molar-refractivity contribution < 1.29 is 0 Å². The van der Waals surface area contributed by atoms with Gasteiger partial charge < -0.3 is 5.32 Å². The smallest absolute Gasteiger partial charge is 0.0487 e. The van der Waals surface area contributed by atoms with Crippen LogP contribution in [0.1, 0.15) is 11.1 Å². The van der Waals surface area contributed by atoms with Gasteiger partial charge in [-0.1, -0.05) is 48.6 Å². The molecule has 0 aromatic heterocycles.